The fraction of sp³-hybridized carbons (Fsp3) is 0.250. The van der Waals surface area contributed by atoms with Crippen molar-refractivity contribution in [1.82, 2.24) is 4.90 Å². The Balaban J connectivity index is 2.67. The van der Waals surface area contributed by atoms with E-state index in [2.05, 4.69) is 5.32 Å². The normalized spacial score (nSPS) is 11.1. The summed E-state index contributed by atoms with van der Waals surface area (Å²) in [5, 5.41) is 10.6. The second kappa shape index (κ2) is 5.21. The Bertz CT molecular complexity index is 390. The van der Waals surface area contributed by atoms with Gasteiger partial charge in [0.2, 0.25) is 0 Å². The molecular formula is C12H18N4. The summed E-state index contributed by atoms with van der Waals surface area (Å²) in [4.78, 5) is 1.68. The summed E-state index contributed by atoms with van der Waals surface area (Å²) < 4.78 is 0. The first-order valence-corrected chi connectivity index (χ1v) is 5.06. The number of rotatable bonds is 3. The predicted molar refractivity (Wildman–Crippen MR) is 68.5 cm³/mol. The lowest BCUT2D eigenvalue weighted by atomic mass is 10.2. The number of likely N-dealkylation sites (N-methyl/N-ethyl adjacent to an activating group) is 1. The number of anilines is 1. The molecule has 86 valence electrons. The number of nitrogens with zero attached hydrogens (tertiary/aromatic N) is 1. The van der Waals surface area contributed by atoms with Crippen LogP contribution < -0.4 is 11.1 Å². The average Bonchev–Trinajstić information content (AvgIpc) is 2.21. The maximum atomic E-state index is 7.60. The van der Waals surface area contributed by atoms with Crippen LogP contribution in [0.25, 0.3) is 0 Å². The molecule has 4 heteroatoms. The number of amidine groups is 1. The molecule has 0 amide bonds. The van der Waals surface area contributed by atoms with Crippen LogP contribution in [0.5, 0.6) is 0 Å². The molecule has 0 aliphatic carbocycles. The predicted octanol–water partition coefficient (Wildman–Crippen LogP) is 1.75. The number of hydrogen-bond acceptors (Lipinski definition) is 3. The smallest absolute Gasteiger partial charge is 0.123 e. The summed E-state index contributed by atoms with van der Waals surface area (Å²) in [5.41, 5.74) is 7.89. The average molecular weight is 218 g/mol. The molecule has 0 aromatic heterocycles. The van der Waals surface area contributed by atoms with E-state index in [4.69, 9.17) is 11.1 Å². The van der Waals surface area contributed by atoms with E-state index in [1.54, 1.807) is 25.1 Å². The molecule has 0 unspecified atom stereocenters. The topological polar surface area (TPSA) is 65.1 Å². The minimum Gasteiger partial charge on any atom is -0.385 e. The zero-order chi connectivity index (χ0) is 12.1. The first kappa shape index (κ1) is 12.1. The minimum atomic E-state index is 0.358. The third-order valence-electron chi connectivity index (χ3n) is 2.11. The molecule has 0 bridgehead atoms. The fourth-order valence-electron chi connectivity index (χ4n) is 1.12. The van der Waals surface area contributed by atoms with Crippen LogP contribution in [0.3, 0.4) is 0 Å². The molecule has 4 N–H and O–H groups in total. The van der Waals surface area contributed by atoms with Crippen molar-refractivity contribution in [2.75, 3.05) is 19.4 Å². The summed E-state index contributed by atoms with van der Waals surface area (Å²) in [6.45, 7) is 2.03. The van der Waals surface area contributed by atoms with Gasteiger partial charge in [0.05, 0.1) is 0 Å². The molecule has 0 saturated carbocycles. The summed E-state index contributed by atoms with van der Waals surface area (Å²) in [6, 6.07) is 7.92. The molecule has 0 heterocycles. The highest BCUT2D eigenvalue weighted by Crippen LogP contribution is 2.09. The third-order valence-corrected chi connectivity index (χ3v) is 2.11. The Hall–Kier alpha value is -1.97. The van der Waals surface area contributed by atoms with Crippen molar-refractivity contribution >= 4 is 11.5 Å². The van der Waals surface area contributed by atoms with Crippen LogP contribution in [0.1, 0.15) is 5.56 Å². The van der Waals surface area contributed by atoms with Crippen molar-refractivity contribution in [3.63, 3.8) is 0 Å². The van der Waals surface area contributed by atoms with Crippen molar-refractivity contribution in [3.05, 3.63) is 41.7 Å². The number of hydrogen-bond donors (Lipinski definition) is 3. The van der Waals surface area contributed by atoms with Crippen LogP contribution in [0, 0.1) is 12.3 Å². The van der Waals surface area contributed by atoms with Gasteiger partial charge in [-0.25, -0.2) is 0 Å². The molecule has 0 radical (unpaired) electrons. The molecule has 0 aliphatic heterocycles. The van der Waals surface area contributed by atoms with E-state index >= 15 is 0 Å². The standard InChI is InChI=1S/C12H18N4/c1-9-4-6-10(7-5-9)15-11(13)8-12(14)16(2)3/h4-8,14-15H,13H2,1-3H3/b11-8+,14-12?. The van der Waals surface area contributed by atoms with E-state index in [0.717, 1.165) is 5.69 Å². The molecule has 0 aliphatic rings. The largest absolute Gasteiger partial charge is 0.385 e. The number of nitrogens with two attached hydrogens (primary N) is 1. The van der Waals surface area contributed by atoms with E-state index in [1.807, 2.05) is 31.2 Å². The Morgan fingerprint density at radius 1 is 1.31 bits per heavy atom. The van der Waals surface area contributed by atoms with Gasteiger partial charge in [0, 0.05) is 25.9 Å². The molecule has 0 fully saturated rings. The highest BCUT2D eigenvalue weighted by atomic mass is 15.1. The van der Waals surface area contributed by atoms with Gasteiger partial charge in [0.1, 0.15) is 11.7 Å². The van der Waals surface area contributed by atoms with Crippen molar-refractivity contribution in [3.8, 4) is 0 Å². The monoisotopic (exact) mass is 218 g/mol. The van der Waals surface area contributed by atoms with Crippen LogP contribution in [-0.2, 0) is 0 Å². The Morgan fingerprint density at radius 2 is 1.88 bits per heavy atom. The Labute approximate surface area is 96.3 Å². The molecule has 1 aromatic carbocycles. The second-order valence-electron chi connectivity index (χ2n) is 3.87. The highest BCUT2D eigenvalue weighted by Gasteiger charge is 1.97. The lowest BCUT2D eigenvalue weighted by molar-refractivity contribution is 0.621. The maximum Gasteiger partial charge on any atom is 0.123 e. The van der Waals surface area contributed by atoms with E-state index in [9.17, 15) is 0 Å². The van der Waals surface area contributed by atoms with Crippen molar-refractivity contribution in [2.45, 2.75) is 6.92 Å². The summed E-state index contributed by atoms with van der Waals surface area (Å²) in [7, 11) is 3.61. The van der Waals surface area contributed by atoms with Gasteiger partial charge < -0.3 is 16.0 Å². The van der Waals surface area contributed by atoms with Crippen LogP contribution in [0.15, 0.2) is 36.2 Å². The first-order valence-electron chi connectivity index (χ1n) is 5.06. The molecular weight excluding hydrogens is 200 g/mol. The maximum absolute atomic E-state index is 7.60. The van der Waals surface area contributed by atoms with Crippen LogP contribution >= 0.6 is 0 Å². The minimum absolute atomic E-state index is 0.358. The van der Waals surface area contributed by atoms with E-state index in [-0.39, 0.29) is 0 Å². The Morgan fingerprint density at radius 3 is 2.38 bits per heavy atom. The van der Waals surface area contributed by atoms with Crippen LogP contribution in [0.2, 0.25) is 0 Å². The van der Waals surface area contributed by atoms with Crippen LogP contribution in [-0.4, -0.2) is 24.8 Å². The van der Waals surface area contributed by atoms with Gasteiger partial charge in [-0.1, -0.05) is 17.7 Å². The molecule has 0 spiro atoms. The van der Waals surface area contributed by atoms with Crippen molar-refractivity contribution in [1.29, 1.82) is 5.41 Å². The zero-order valence-corrected chi connectivity index (χ0v) is 9.91. The lowest BCUT2D eigenvalue weighted by Crippen LogP contribution is -2.21. The van der Waals surface area contributed by atoms with E-state index in [0.29, 0.717) is 11.7 Å². The first-order chi connectivity index (χ1) is 7.49. The zero-order valence-electron chi connectivity index (χ0n) is 9.91. The third kappa shape index (κ3) is 3.65. The van der Waals surface area contributed by atoms with Gasteiger partial charge in [0.25, 0.3) is 0 Å². The number of aryl methyl sites for hydroxylation is 1. The van der Waals surface area contributed by atoms with Gasteiger partial charge in [0.15, 0.2) is 0 Å². The van der Waals surface area contributed by atoms with Crippen molar-refractivity contribution in [2.24, 2.45) is 5.73 Å². The highest BCUT2D eigenvalue weighted by molar-refractivity contribution is 5.90. The summed E-state index contributed by atoms with van der Waals surface area (Å²) in [5.74, 6) is 0.819. The second-order valence-corrected chi connectivity index (χ2v) is 3.87. The van der Waals surface area contributed by atoms with Gasteiger partial charge in [-0.05, 0) is 19.1 Å². The fourth-order valence-corrected chi connectivity index (χ4v) is 1.12. The summed E-state index contributed by atoms with van der Waals surface area (Å²) in [6.07, 6.45) is 1.58. The van der Waals surface area contributed by atoms with Gasteiger partial charge in [-0.15, -0.1) is 0 Å². The molecule has 4 nitrogen and oxygen atoms in total. The molecule has 1 rings (SSSR count). The van der Waals surface area contributed by atoms with Gasteiger partial charge >= 0.3 is 0 Å². The number of benzene rings is 1. The van der Waals surface area contributed by atoms with E-state index < -0.39 is 0 Å². The van der Waals surface area contributed by atoms with E-state index in [1.165, 1.54) is 5.56 Å². The number of nitrogens with one attached hydrogen (secondary N) is 2. The van der Waals surface area contributed by atoms with Gasteiger partial charge in [-0.2, -0.15) is 0 Å². The molecule has 0 atom stereocenters. The molecule has 1 aromatic rings. The molecule has 16 heavy (non-hydrogen) atoms. The summed E-state index contributed by atoms with van der Waals surface area (Å²) >= 11 is 0. The van der Waals surface area contributed by atoms with Crippen molar-refractivity contribution < 1.29 is 0 Å². The quantitative estimate of drug-likeness (QED) is 0.535. The van der Waals surface area contributed by atoms with Gasteiger partial charge in [-0.3, -0.25) is 5.41 Å². The molecule has 0 saturated heterocycles. The Kier molecular flexibility index (Phi) is 3.94. The SMILES string of the molecule is Cc1ccc(N/C(N)=C/C(=N)N(C)C)cc1. The van der Waals surface area contributed by atoms with Crippen LogP contribution in [0.4, 0.5) is 5.69 Å². The lowest BCUT2D eigenvalue weighted by Gasteiger charge is -2.12.